The molecule has 1 saturated carbocycles. The van der Waals surface area contributed by atoms with Crippen LogP contribution in [-0.2, 0) is 9.53 Å². The summed E-state index contributed by atoms with van der Waals surface area (Å²) in [5.41, 5.74) is 3.33. The number of hydrogen-bond acceptors (Lipinski definition) is 3. The van der Waals surface area contributed by atoms with Crippen molar-refractivity contribution in [2.75, 3.05) is 0 Å². The maximum atomic E-state index is 14.0. The standard InChI is InChI=1S/C32H51NO3Si/c1-20(2)27-16-13-25(10)17-30(27)36-32(35)33-19-31(37(21(3)4,22(5)6)23(7)8)29(34)18-28(33)26-14-11-24(9)12-15-26/h11-12,14-15,19-23,25,27-28,30H,13,16-18H2,1-10H3/t25-,27+,28+,30-/m1/s1. The Kier molecular flexibility index (Phi) is 9.53. The lowest BCUT2D eigenvalue weighted by atomic mass is 9.75. The number of benzene rings is 1. The fraction of sp³-hybridized carbons (Fsp3) is 0.688. The number of ether oxygens (including phenoxy) is 1. The lowest BCUT2D eigenvalue weighted by molar-refractivity contribution is -0.116. The number of carbonyl (C=O) groups excluding carboxylic acids is 2. The molecular weight excluding hydrogens is 474 g/mol. The molecule has 1 aromatic carbocycles. The Balaban J connectivity index is 2.09. The van der Waals surface area contributed by atoms with E-state index in [1.165, 1.54) is 6.42 Å². The molecule has 2 aliphatic rings. The SMILES string of the molecule is Cc1ccc([C@@H]2CC(=O)C([Si](C(C)C)(C(C)C)C(C)C)=CN2C(=O)O[C@@H]2C[C@H](C)CC[C@H]2C(C)C)cc1. The van der Waals surface area contributed by atoms with E-state index >= 15 is 0 Å². The summed E-state index contributed by atoms with van der Waals surface area (Å²) in [6.45, 7) is 22.4. The zero-order valence-corrected chi connectivity index (χ0v) is 26.0. The van der Waals surface area contributed by atoms with Crippen molar-refractivity contribution in [3.63, 3.8) is 0 Å². The third kappa shape index (κ3) is 5.92. The normalized spacial score (nSPS) is 25.3. The number of allylic oxidation sites excluding steroid dienone is 1. The van der Waals surface area contributed by atoms with Gasteiger partial charge in [0.15, 0.2) is 5.78 Å². The minimum Gasteiger partial charge on any atom is -0.446 e. The Bertz CT molecular complexity index is 956. The first kappa shape index (κ1) is 29.7. The van der Waals surface area contributed by atoms with Gasteiger partial charge in [0.1, 0.15) is 14.2 Å². The summed E-state index contributed by atoms with van der Waals surface area (Å²) >= 11 is 0. The quantitative estimate of drug-likeness (QED) is 0.334. The van der Waals surface area contributed by atoms with Crippen molar-refractivity contribution in [1.29, 1.82) is 0 Å². The van der Waals surface area contributed by atoms with Crippen LogP contribution in [0.1, 0.15) is 105 Å². The molecule has 0 N–H and O–H groups in total. The fourth-order valence-corrected chi connectivity index (χ4v) is 14.5. The lowest BCUT2D eigenvalue weighted by Crippen LogP contribution is -2.52. The maximum Gasteiger partial charge on any atom is 0.414 e. The number of rotatable bonds is 7. The molecule has 5 heteroatoms. The van der Waals surface area contributed by atoms with Crippen LogP contribution in [0.25, 0.3) is 0 Å². The number of carbonyl (C=O) groups is 2. The maximum absolute atomic E-state index is 14.0. The molecule has 3 rings (SSSR count). The van der Waals surface area contributed by atoms with Gasteiger partial charge in [0, 0.05) is 12.6 Å². The number of hydrogen-bond donors (Lipinski definition) is 0. The van der Waals surface area contributed by atoms with E-state index in [2.05, 4.69) is 93.5 Å². The van der Waals surface area contributed by atoms with Crippen LogP contribution in [0.5, 0.6) is 0 Å². The summed E-state index contributed by atoms with van der Waals surface area (Å²) in [6.07, 6.45) is 5.10. The van der Waals surface area contributed by atoms with E-state index in [0.717, 1.165) is 29.2 Å². The molecule has 1 aliphatic heterocycles. The minimum atomic E-state index is -2.25. The first-order valence-electron chi connectivity index (χ1n) is 14.6. The average molecular weight is 526 g/mol. The van der Waals surface area contributed by atoms with Crippen molar-refractivity contribution in [2.45, 2.75) is 124 Å². The highest BCUT2D eigenvalue weighted by Crippen LogP contribution is 2.49. The molecule has 1 heterocycles. The predicted octanol–water partition coefficient (Wildman–Crippen LogP) is 9.01. The summed E-state index contributed by atoms with van der Waals surface area (Å²) in [5.74, 6) is 1.61. The van der Waals surface area contributed by atoms with Crippen molar-refractivity contribution in [2.24, 2.45) is 17.8 Å². The molecule has 0 unspecified atom stereocenters. The molecule has 0 saturated heterocycles. The molecule has 0 bridgehead atoms. The van der Waals surface area contributed by atoms with Gasteiger partial charge in [0.05, 0.1) is 6.04 Å². The van der Waals surface area contributed by atoms with Gasteiger partial charge in [-0.25, -0.2) is 4.79 Å². The molecule has 0 spiro atoms. The van der Waals surface area contributed by atoms with Gasteiger partial charge in [0.25, 0.3) is 0 Å². The molecule has 4 atom stereocenters. The van der Waals surface area contributed by atoms with E-state index in [1.807, 2.05) is 6.20 Å². The first-order chi connectivity index (χ1) is 17.3. The predicted molar refractivity (Wildman–Crippen MR) is 156 cm³/mol. The van der Waals surface area contributed by atoms with E-state index in [4.69, 9.17) is 4.74 Å². The second-order valence-electron chi connectivity index (χ2n) is 13.1. The molecule has 37 heavy (non-hydrogen) atoms. The van der Waals surface area contributed by atoms with Crippen LogP contribution in [0.2, 0.25) is 16.6 Å². The van der Waals surface area contributed by atoms with E-state index in [0.29, 0.717) is 40.8 Å². The van der Waals surface area contributed by atoms with Gasteiger partial charge in [-0.1, -0.05) is 98.6 Å². The molecule has 206 valence electrons. The van der Waals surface area contributed by atoms with Crippen LogP contribution in [0.4, 0.5) is 4.79 Å². The Hall–Kier alpha value is -1.88. The van der Waals surface area contributed by atoms with Crippen LogP contribution < -0.4 is 0 Å². The van der Waals surface area contributed by atoms with E-state index in [9.17, 15) is 9.59 Å². The van der Waals surface area contributed by atoms with Crippen molar-refractivity contribution in [3.8, 4) is 0 Å². The molecule has 1 aliphatic carbocycles. The topological polar surface area (TPSA) is 46.6 Å². The second-order valence-corrected chi connectivity index (χ2v) is 19.0. The first-order valence-corrected chi connectivity index (χ1v) is 16.8. The van der Waals surface area contributed by atoms with Gasteiger partial charge in [-0.2, -0.15) is 0 Å². The van der Waals surface area contributed by atoms with E-state index < -0.39 is 8.07 Å². The van der Waals surface area contributed by atoms with Gasteiger partial charge in [0.2, 0.25) is 0 Å². The van der Waals surface area contributed by atoms with Crippen LogP contribution in [-0.4, -0.2) is 31.0 Å². The van der Waals surface area contributed by atoms with E-state index in [-0.39, 0.29) is 24.0 Å². The fourth-order valence-electron chi connectivity index (χ4n) is 7.66. The highest BCUT2D eigenvalue weighted by Gasteiger charge is 2.51. The third-order valence-electron chi connectivity index (χ3n) is 9.50. The number of aryl methyl sites for hydroxylation is 1. The Morgan fingerprint density at radius 1 is 0.946 bits per heavy atom. The summed E-state index contributed by atoms with van der Waals surface area (Å²) < 4.78 is 6.37. The lowest BCUT2D eigenvalue weighted by Gasteiger charge is -2.47. The van der Waals surface area contributed by atoms with Gasteiger partial charge >= 0.3 is 6.09 Å². The highest BCUT2D eigenvalue weighted by atomic mass is 28.3. The number of Topliss-reactive ketones (excluding diaryl/α,β-unsaturated/α-hetero) is 1. The highest BCUT2D eigenvalue weighted by molar-refractivity contribution is 6.93. The smallest absolute Gasteiger partial charge is 0.414 e. The molecule has 4 nitrogen and oxygen atoms in total. The molecule has 0 aromatic heterocycles. The van der Waals surface area contributed by atoms with Gasteiger partial charge in [-0.3, -0.25) is 9.69 Å². The van der Waals surface area contributed by atoms with Gasteiger partial charge in [-0.15, -0.1) is 0 Å². The molecule has 1 amide bonds. The largest absolute Gasteiger partial charge is 0.446 e. The molecular formula is C32H51NO3Si. The van der Waals surface area contributed by atoms with Crippen LogP contribution >= 0.6 is 0 Å². The van der Waals surface area contributed by atoms with Crippen LogP contribution in [0.15, 0.2) is 35.7 Å². The number of amides is 1. The van der Waals surface area contributed by atoms with Crippen molar-refractivity contribution >= 4 is 20.0 Å². The number of nitrogens with zero attached hydrogens (tertiary/aromatic N) is 1. The summed E-state index contributed by atoms with van der Waals surface area (Å²) in [7, 11) is -2.25. The Labute approximate surface area is 227 Å². The Morgan fingerprint density at radius 2 is 1.51 bits per heavy atom. The average Bonchev–Trinajstić information content (AvgIpc) is 2.79. The number of ketones is 1. The molecule has 1 aromatic rings. The summed E-state index contributed by atoms with van der Waals surface area (Å²) in [4.78, 5) is 29.8. The van der Waals surface area contributed by atoms with Gasteiger partial charge < -0.3 is 4.74 Å². The zero-order chi connectivity index (χ0) is 27.7. The minimum absolute atomic E-state index is 0.0771. The van der Waals surface area contributed by atoms with Crippen molar-refractivity contribution in [3.05, 3.63) is 46.8 Å². The zero-order valence-electron chi connectivity index (χ0n) is 25.0. The summed E-state index contributed by atoms with van der Waals surface area (Å²) in [5, 5.41) is 0.922. The summed E-state index contributed by atoms with van der Waals surface area (Å²) in [6, 6.07) is 7.92. The molecule has 0 radical (unpaired) electrons. The van der Waals surface area contributed by atoms with E-state index in [1.54, 1.807) is 4.90 Å². The molecule has 1 fully saturated rings. The van der Waals surface area contributed by atoms with Crippen LogP contribution in [0.3, 0.4) is 0 Å². The van der Waals surface area contributed by atoms with Crippen molar-refractivity contribution < 1.29 is 14.3 Å². The van der Waals surface area contributed by atoms with Crippen molar-refractivity contribution in [1.82, 2.24) is 4.90 Å². The Morgan fingerprint density at radius 3 is 2.03 bits per heavy atom. The monoisotopic (exact) mass is 525 g/mol. The van der Waals surface area contributed by atoms with Gasteiger partial charge in [-0.05, 0) is 64.9 Å². The third-order valence-corrected chi connectivity index (χ3v) is 16.6. The second kappa shape index (κ2) is 11.9. The van der Waals surface area contributed by atoms with Crippen LogP contribution in [0, 0.1) is 24.7 Å².